The average molecular weight is 639 g/mol. The van der Waals surface area contributed by atoms with Crippen molar-refractivity contribution in [2.45, 2.75) is 44.9 Å². The van der Waals surface area contributed by atoms with Crippen LogP contribution >= 0.6 is 0 Å². The number of carbonyl (C=O) groups excluding carboxylic acids is 3. The van der Waals surface area contributed by atoms with Gasteiger partial charge in [-0.1, -0.05) is 48.5 Å². The van der Waals surface area contributed by atoms with Gasteiger partial charge >= 0.3 is 12.1 Å². The van der Waals surface area contributed by atoms with Crippen LogP contribution in [0.5, 0.6) is 0 Å². The van der Waals surface area contributed by atoms with Crippen LogP contribution < -0.4 is 15.5 Å². The molecule has 2 fully saturated rings. The molecule has 2 saturated heterocycles. The molecule has 7 rings (SSSR count). The molecule has 47 heavy (non-hydrogen) atoms. The van der Waals surface area contributed by atoms with Crippen LogP contribution in [0.4, 0.5) is 25.4 Å². The van der Waals surface area contributed by atoms with E-state index in [1.807, 2.05) is 59.0 Å². The smallest absolute Gasteiger partial charge is 0.322 e. The lowest BCUT2D eigenvalue weighted by Crippen LogP contribution is -2.59. The van der Waals surface area contributed by atoms with Gasteiger partial charge in [-0.25, -0.2) is 14.0 Å². The van der Waals surface area contributed by atoms with Gasteiger partial charge in [-0.05, 0) is 49.1 Å². The normalized spacial score (nSPS) is 17.8. The molecule has 244 valence electrons. The molecule has 11 nitrogen and oxygen atoms in total. The lowest BCUT2D eigenvalue weighted by molar-refractivity contribution is -0.134. The minimum atomic E-state index is -0.814. The monoisotopic (exact) mass is 638 g/mol. The number of hydrogen-bond acceptors (Lipinski definition) is 5. The maximum Gasteiger partial charge on any atom is 0.322 e. The van der Waals surface area contributed by atoms with Gasteiger partial charge in [0, 0.05) is 62.9 Å². The number of rotatable bonds is 6. The molecule has 4 heterocycles. The zero-order chi connectivity index (χ0) is 32.5. The molecule has 0 aliphatic carbocycles. The third kappa shape index (κ3) is 6.19. The summed E-state index contributed by atoms with van der Waals surface area (Å²) in [6.07, 6.45) is 2.95. The molecule has 12 heteroatoms. The predicted molar refractivity (Wildman–Crippen MR) is 178 cm³/mol. The number of hydrogen-bond donors (Lipinski definition) is 2. The maximum atomic E-state index is 14.2. The standard InChI is InChI=1S/C35H39FN8O3/c1-24-7-5-8-25-21-37-44(32(24)25)23-30(33(45)41-19-17-40(18-20-41)27-10-3-2-4-11-27)38-34(46)42-15-13-28(14-16-42)43-22-26-9-6-12-29(36)31(26)39-35(43)47/h2-12,21,28,30H,13-20,22-23H2,1H3,(H,38,46)(H,39,47). The van der Waals surface area contributed by atoms with Crippen molar-refractivity contribution in [1.82, 2.24) is 29.8 Å². The van der Waals surface area contributed by atoms with Gasteiger partial charge in [-0.2, -0.15) is 5.10 Å². The summed E-state index contributed by atoms with van der Waals surface area (Å²) in [5, 5.41) is 11.3. The van der Waals surface area contributed by atoms with E-state index in [2.05, 4.69) is 32.8 Å². The van der Waals surface area contributed by atoms with Gasteiger partial charge in [-0.15, -0.1) is 0 Å². The summed E-state index contributed by atoms with van der Waals surface area (Å²) in [4.78, 5) is 48.2. The second-order valence-corrected chi connectivity index (χ2v) is 12.5. The van der Waals surface area contributed by atoms with Crippen LogP contribution in [0.1, 0.15) is 24.0 Å². The Hall–Kier alpha value is -5.13. The molecular weight excluding hydrogens is 599 g/mol. The maximum absolute atomic E-state index is 14.2. The Balaban J connectivity index is 1.03. The van der Waals surface area contributed by atoms with Gasteiger partial charge in [0.15, 0.2) is 0 Å². The molecule has 3 aliphatic rings. The number of nitrogens with zero attached hydrogens (tertiary/aromatic N) is 6. The van der Waals surface area contributed by atoms with Crippen molar-refractivity contribution in [2.75, 3.05) is 49.5 Å². The highest BCUT2D eigenvalue weighted by Crippen LogP contribution is 2.30. The van der Waals surface area contributed by atoms with Crippen molar-refractivity contribution in [1.29, 1.82) is 0 Å². The molecule has 1 atom stereocenters. The SMILES string of the molecule is Cc1cccc2cnn(CC(NC(=O)N3CCC(N4Cc5cccc(F)c5NC4=O)CC3)C(=O)N3CCN(c4ccccc4)CC3)c12. The molecule has 3 aliphatic heterocycles. The highest BCUT2D eigenvalue weighted by Gasteiger charge is 2.35. The Morgan fingerprint density at radius 1 is 0.936 bits per heavy atom. The van der Waals surface area contributed by atoms with E-state index < -0.39 is 11.9 Å². The second kappa shape index (κ2) is 12.9. The van der Waals surface area contributed by atoms with E-state index in [-0.39, 0.29) is 36.2 Å². The molecule has 2 N–H and O–H groups in total. The van der Waals surface area contributed by atoms with Gasteiger partial charge in [-0.3, -0.25) is 9.48 Å². The number of amides is 5. The number of nitrogens with one attached hydrogen (secondary N) is 2. The first-order valence-electron chi connectivity index (χ1n) is 16.3. The van der Waals surface area contributed by atoms with E-state index in [1.165, 1.54) is 6.07 Å². The predicted octanol–water partition coefficient (Wildman–Crippen LogP) is 4.42. The fraction of sp³-hybridized carbons (Fsp3) is 0.371. The Kier molecular flexibility index (Phi) is 8.40. The lowest BCUT2D eigenvalue weighted by Gasteiger charge is -2.41. The van der Waals surface area contributed by atoms with Crippen LogP contribution in [-0.4, -0.2) is 93.8 Å². The van der Waals surface area contributed by atoms with Crippen LogP contribution in [0.15, 0.2) is 72.9 Å². The molecular formula is C35H39FN8O3. The van der Waals surface area contributed by atoms with Crippen molar-refractivity contribution >= 4 is 40.2 Å². The second-order valence-electron chi connectivity index (χ2n) is 12.5. The molecule has 0 spiro atoms. The van der Waals surface area contributed by atoms with E-state index in [0.717, 1.165) is 27.7 Å². The van der Waals surface area contributed by atoms with Crippen molar-refractivity contribution in [3.05, 3.63) is 89.9 Å². The molecule has 0 radical (unpaired) electrons. The third-order valence-electron chi connectivity index (χ3n) is 9.65. The summed E-state index contributed by atoms with van der Waals surface area (Å²) in [6.45, 7) is 5.90. The fourth-order valence-electron chi connectivity index (χ4n) is 7.06. The van der Waals surface area contributed by atoms with Crippen LogP contribution in [0.25, 0.3) is 10.9 Å². The van der Waals surface area contributed by atoms with Crippen LogP contribution in [0.2, 0.25) is 0 Å². The van der Waals surface area contributed by atoms with E-state index in [0.29, 0.717) is 58.7 Å². The average Bonchev–Trinajstić information content (AvgIpc) is 3.52. The van der Waals surface area contributed by atoms with Crippen molar-refractivity contribution in [3.8, 4) is 0 Å². The summed E-state index contributed by atoms with van der Waals surface area (Å²) >= 11 is 0. The number of aryl methyl sites for hydroxylation is 1. The van der Waals surface area contributed by atoms with Gasteiger partial charge < -0.3 is 30.2 Å². The highest BCUT2D eigenvalue weighted by molar-refractivity contribution is 5.93. The van der Waals surface area contributed by atoms with E-state index in [4.69, 9.17) is 0 Å². The number of halogens is 1. The quantitative estimate of drug-likeness (QED) is 0.325. The Bertz CT molecular complexity index is 1780. The zero-order valence-corrected chi connectivity index (χ0v) is 26.4. The van der Waals surface area contributed by atoms with Gasteiger partial charge in [0.25, 0.3) is 0 Å². The zero-order valence-electron chi connectivity index (χ0n) is 26.4. The van der Waals surface area contributed by atoms with Crippen LogP contribution in [0.3, 0.4) is 0 Å². The summed E-state index contributed by atoms with van der Waals surface area (Å²) in [6, 6.07) is 19.4. The summed E-state index contributed by atoms with van der Waals surface area (Å²) in [5.74, 6) is -0.573. The largest absolute Gasteiger partial charge is 0.368 e. The van der Waals surface area contributed by atoms with Crippen LogP contribution in [0, 0.1) is 12.7 Å². The van der Waals surface area contributed by atoms with Crippen molar-refractivity contribution < 1.29 is 18.8 Å². The van der Waals surface area contributed by atoms with Crippen molar-refractivity contribution in [2.24, 2.45) is 0 Å². The number of anilines is 2. The minimum absolute atomic E-state index is 0.0905. The Morgan fingerprint density at radius 2 is 1.68 bits per heavy atom. The first-order valence-corrected chi connectivity index (χ1v) is 16.3. The molecule has 5 amide bonds. The molecule has 0 saturated carbocycles. The number of carbonyl (C=O) groups is 3. The lowest BCUT2D eigenvalue weighted by atomic mass is 10.0. The number of aromatic nitrogens is 2. The number of likely N-dealkylation sites (tertiary alicyclic amines) is 1. The molecule has 4 aromatic rings. The number of urea groups is 2. The van der Waals surface area contributed by atoms with Gasteiger partial charge in [0.2, 0.25) is 5.91 Å². The van der Waals surface area contributed by atoms with Gasteiger partial charge in [0.1, 0.15) is 11.9 Å². The first-order chi connectivity index (χ1) is 22.9. The number of piperidine rings is 1. The van der Waals surface area contributed by atoms with E-state index >= 15 is 0 Å². The van der Waals surface area contributed by atoms with E-state index in [1.54, 1.807) is 22.1 Å². The Labute approximate surface area is 272 Å². The van der Waals surface area contributed by atoms with E-state index in [9.17, 15) is 18.8 Å². The molecule has 3 aromatic carbocycles. The highest BCUT2D eigenvalue weighted by atomic mass is 19.1. The topological polar surface area (TPSA) is 106 Å². The molecule has 1 unspecified atom stereocenters. The number of benzene rings is 3. The third-order valence-corrected chi connectivity index (χ3v) is 9.65. The van der Waals surface area contributed by atoms with Crippen LogP contribution in [-0.2, 0) is 17.9 Å². The molecule has 0 bridgehead atoms. The Morgan fingerprint density at radius 3 is 2.45 bits per heavy atom. The minimum Gasteiger partial charge on any atom is -0.368 e. The number of fused-ring (bicyclic) bond motifs is 2. The van der Waals surface area contributed by atoms with Crippen molar-refractivity contribution in [3.63, 3.8) is 0 Å². The summed E-state index contributed by atoms with van der Waals surface area (Å²) < 4.78 is 16.0. The number of para-hydroxylation sites is 3. The van der Waals surface area contributed by atoms with Gasteiger partial charge in [0.05, 0.1) is 23.9 Å². The first kappa shape index (κ1) is 30.5. The molecule has 1 aromatic heterocycles. The summed E-state index contributed by atoms with van der Waals surface area (Å²) in [7, 11) is 0. The fourth-order valence-corrected chi connectivity index (χ4v) is 7.06. The number of piperazine rings is 1. The summed E-state index contributed by atoms with van der Waals surface area (Å²) in [5.41, 5.74) is 4.09.